The van der Waals surface area contributed by atoms with Gasteiger partial charge in [0.1, 0.15) is 0 Å². The van der Waals surface area contributed by atoms with E-state index >= 15 is 0 Å². The highest BCUT2D eigenvalue weighted by Gasteiger charge is 2.24. The Balaban J connectivity index is 1.63. The standard InChI is InChI=1S/C21H25F3O/c1-2-14-3-7-16(8-4-14)17-11-19(23)21(20(24)12-17)25-13-15-5-9-18(22)10-6-15/h2,9,11-12,14-16H,1,3-8,10,13H2/t14-,15?,16-. The average Bonchev–Trinajstić information content (AvgIpc) is 2.62. The van der Waals surface area contributed by atoms with Gasteiger partial charge in [-0.15, -0.1) is 6.58 Å². The molecule has 1 aromatic rings. The molecule has 0 N–H and O–H groups in total. The minimum Gasteiger partial charge on any atom is -0.487 e. The number of benzene rings is 1. The molecule has 1 unspecified atom stereocenters. The maximum absolute atomic E-state index is 14.4. The summed E-state index contributed by atoms with van der Waals surface area (Å²) < 4.78 is 47.2. The molecule has 0 radical (unpaired) electrons. The molecule has 1 atom stereocenters. The minimum absolute atomic E-state index is 0.104. The summed E-state index contributed by atoms with van der Waals surface area (Å²) in [6, 6.07) is 2.83. The van der Waals surface area contributed by atoms with Crippen LogP contribution in [0.1, 0.15) is 56.4 Å². The summed E-state index contributed by atoms with van der Waals surface area (Å²) in [5.74, 6) is -0.879. The Kier molecular flexibility index (Phi) is 5.87. The summed E-state index contributed by atoms with van der Waals surface area (Å²) in [6.07, 6.45) is 8.98. The van der Waals surface area contributed by atoms with Crippen molar-refractivity contribution in [2.75, 3.05) is 6.61 Å². The van der Waals surface area contributed by atoms with Crippen molar-refractivity contribution in [1.29, 1.82) is 0 Å². The molecule has 2 aliphatic carbocycles. The van der Waals surface area contributed by atoms with Crippen LogP contribution in [0.15, 0.2) is 36.7 Å². The lowest BCUT2D eigenvalue weighted by atomic mass is 9.79. The normalized spacial score (nSPS) is 26.8. The highest BCUT2D eigenvalue weighted by atomic mass is 19.1. The van der Waals surface area contributed by atoms with Gasteiger partial charge in [0.05, 0.1) is 12.4 Å². The third-order valence-corrected chi connectivity index (χ3v) is 5.52. The predicted molar refractivity (Wildman–Crippen MR) is 93.3 cm³/mol. The van der Waals surface area contributed by atoms with E-state index in [4.69, 9.17) is 4.74 Å². The van der Waals surface area contributed by atoms with Crippen LogP contribution in [0.2, 0.25) is 0 Å². The third kappa shape index (κ3) is 4.47. The molecule has 0 heterocycles. The fourth-order valence-corrected chi connectivity index (χ4v) is 3.85. The smallest absolute Gasteiger partial charge is 0.190 e. The summed E-state index contributed by atoms with van der Waals surface area (Å²) in [6.45, 7) is 4.03. The van der Waals surface area contributed by atoms with E-state index < -0.39 is 11.6 Å². The van der Waals surface area contributed by atoms with E-state index in [0.717, 1.165) is 25.7 Å². The maximum Gasteiger partial charge on any atom is 0.190 e. The number of hydrogen-bond donors (Lipinski definition) is 0. The molecule has 0 amide bonds. The van der Waals surface area contributed by atoms with Gasteiger partial charge >= 0.3 is 0 Å². The summed E-state index contributed by atoms with van der Waals surface area (Å²) in [5, 5.41) is 0. The van der Waals surface area contributed by atoms with Crippen molar-refractivity contribution in [3.05, 3.63) is 53.9 Å². The molecule has 1 aromatic carbocycles. The van der Waals surface area contributed by atoms with Gasteiger partial charge < -0.3 is 4.74 Å². The summed E-state index contributed by atoms with van der Waals surface area (Å²) >= 11 is 0. The second kappa shape index (κ2) is 8.11. The first-order chi connectivity index (χ1) is 12.1. The van der Waals surface area contributed by atoms with E-state index in [2.05, 4.69) is 6.58 Å². The van der Waals surface area contributed by atoms with Crippen molar-refractivity contribution in [1.82, 2.24) is 0 Å². The highest BCUT2D eigenvalue weighted by molar-refractivity contribution is 5.33. The maximum atomic E-state index is 14.4. The van der Waals surface area contributed by atoms with Crippen molar-refractivity contribution >= 4 is 0 Å². The van der Waals surface area contributed by atoms with E-state index in [1.54, 1.807) is 0 Å². The Bertz CT molecular complexity index is 622. The summed E-state index contributed by atoms with van der Waals surface area (Å²) in [4.78, 5) is 0. The molecule has 1 fully saturated rings. The monoisotopic (exact) mass is 350 g/mol. The van der Waals surface area contributed by atoms with Crippen LogP contribution >= 0.6 is 0 Å². The zero-order valence-corrected chi connectivity index (χ0v) is 14.4. The van der Waals surface area contributed by atoms with Gasteiger partial charge in [0.25, 0.3) is 0 Å². The van der Waals surface area contributed by atoms with Crippen LogP contribution in [-0.2, 0) is 0 Å². The van der Waals surface area contributed by atoms with Crippen LogP contribution < -0.4 is 4.74 Å². The fourth-order valence-electron chi connectivity index (χ4n) is 3.85. The molecule has 0 aliphatic heterocycles. The topological polar surface area (TPSA) is 9.23 Å². The van der Waals surface area contributed by atoms with Gasteiger partial charge in [-0.05, 0) is 80.4 Å². The molecule has 1 saturated carbocycles. The van der Waals surface area contributed by atoms with E-state index in [-0.39, 0.29) is 30.0 Å². The van der Waals surface area contributed by atoms with E-state index in [1.165, 1.54) is 18.2 Å². The average molecular weight is 350 g/mol. The number of halogens is 3. The molecule has 0 spiro atoms. The first kappa shape index (κ1) is 18.1. The SMILES string of the molecule is C=C[C@H]1CC[C@H](c2cc(F)c(OCC3CC=C(F)CC3)c(F)c2)CC1. The minimum atomic E-state index is -0.640. The molecular formula is C21H25F3O. The van der Waals surface area contributed by atoms with Crippen LogP contribution in [0.5, 0.6) is 5.75 Å². The first-order valence-corrected chi connectivity index (χ1v) is 9.15. The lowest BCUT2D eigenvalue weighted by Gasteiger charge is -2.27. The Morgan fingerprint density at radius 2 is 1.72 bits per heavy atom. The van der Waals surface area contributed by atoms with Gasteiger partial charge in [-0.25, -0.2) is 13.2 Å². The second-order valence-corrected chi connectivity index (χ2v) is 7.26. The molecule has 25 heavy (non-hydrogen) atoms. The van der Waals surface area contributed by atoms with E-state index in [9.17, 15) is 13.2 Å². The largest absolute Gasteiger partial charge is 0.487 e. The van der Waals surface area contributed by atoms with Crippen molar-refractivity contribution < 1.29 is 17.9 Å². The van der Waals surface area contributed by atoms with Gasteiger partial charge in [0, 0.05) is 0 Å². The van der Waals surface area contributed by atoms with Crippen LogP contribution in [-0.4, -0.2) is 6.61 Å². The lowest BCUT2D eigenvalue weighted by Crippen LogP contribution is -2.16. The van der Waals surface area contributed by atoms with Crippen molar-refractivity contribution in [3.8, 4) is 5.75 Å². The van der Waals surface area contributed by atoms with E-state index in [0.29, 0.717) is 30.7 Å². The lowest BCUT2D eigenvalue weighted by molar-refractivity contribution is 0.215. The van der Waals surface area contributed by atoms with Crippen LogP contribution in [0.25, 0.3) is 0 Å². The molecule has 0 bridgehead atoms. The van der Waals surface area contributed by atoms with Crippen LogP contribution in [0.4, 0.5) is 13.2 Å². The van der Waals surface area contributed by atoms with Crippen molar-refractivity contribution in [2.45, 2.75) is 50.9 Å². The Hall–Kier alpha value is -1.71. The van der Waals surface area contributed by atoms with Gasteiger partial charge in [-0.1, -0.05) is 12.2 Å². The predicted octanol–water partition coefficient (Wildman–Crippen LogP) is 6.46. The van der Waals surface area contributed by atoms with E-state index in [1.807, 2.05) is 6.08 Å². The molecule has 3 rings (SSSR count). The quantitative estimate of drug-likeness (QED) is 0.554. The summed E-state index contributed by atoms with van der Waals surface area (Å²) in [5.41, 5.74) is 0.715. The molecular weight excluding hydrogens is 325 g/mol. The van der Waals surface area contributed by atoms with Gasteiger partial charge in [-0.2, -0.15) is 0 Å². The van der Waals surface area contributed by atoms with Gasteiger partial charge in [0.15, 0.2) is 17.4 Å². The van der Waals surface area contributed by atoms with Gasteiger partial charge in [0.2, 0.25) is 0 Å². The third-order valence-electron chi connectivity index (χ3n) is 5.52. The molecule has 2 aliphatic rings. The highest BCUT2D eigenvalue weighted by Crippen LogP contribution is 2.38. The Morgan fingerprint density at radius 1 is 1.04 bits per heavy atom. The molecule has 0 aromatic heterocycles. The fraction of sp³-hybridized carbons (Fsp3) is 0.524. The number of rotatable bonds is 5. The zero-order valence-electron chi connectivity index (χ0n) is 14.4. The molecule has 1 nitrogen and oxygen atoms in total. The molecule has 136 valence electrons. The first-order valence-electron chi connectivity index (χ1n) is 9.15. The van der Waals surface area contributed by atoms with Gasteiger partial charge in [-0.3, -0.25) is 0 Å². The number of hydrogen-bond acceptors (Lipinski definition) is 1. The second-order valence-electron chi connectivity index (χ2n) is 7.26. The zero-order chi connectivity index (χ0) is 17.8. The molecule has 0 saturated heterocycles. The van der Waals surface area contributed by atoms with Crippen LogP contribution in [0, 0.1) is 23.5 Å². The van der Waals surface area contributed by atoms with Crippen LogP contribution in [0.3, 0.4) is 0 Å². The Labute approximate surface area is 147 Å². The number of allylic oxidation sites excluding steroid dienone is 3. The molecule has 4 heteroatoms. The summed E-state index contributed by atoms with van der Waals surface area (Å²) in [7, 11) is 0. The Morgan fingerprint density at radius 3 is 2.28 bits per heavy atom. The van der Waals surface area contributed by atoms with Crippen molar-refractivity contribution in [3.63, 3.8) is 0 Å². The van der Waals surface area contributed by atoms with Crippen molar-refractivity contribution in [2.24, 2.45) is 11.8 Å². The number of ether oxygens (including phenoxy) is 1.